The van der Waals surface area contributed by atoms with Crippen LogP contribution in [0.5, 0.6) is 0 Å². The van der Waals surface area contributed by atoms with E-state index in [0.29, 0.717) is 18.0 Å². The van der Waals surface area contributed by atoms with Gasteiger partial charge in [0.2, 0.25) is 11.8 Å². The Hall–Kier alpha value is -1.75. The summed E-state index contributed by atoms with van der Waals surface area (Å²) in [6.45, 7) is 5.36. The maximum absolute atomic E-state index is 12.7. The van der Waals surface area contributed by atoms with Crippen LogP contribution in [0.25, 0.3) is 0 Å². The van der Waals surface area contributed by atoms with Crippen molar-refractivity contribution < 1.29 is 9.59 Å². The molecule has 1 unspecified atom stereocenters. The third-order valence-corrected chi connectivity index (χ3v) is 5.82. The Morgan fingerprint density at radius 1 is 1.15 bits per heavy atom. The lowest BCUT2D eigenvalue weighted by atomic mass is 9.96. The number of amides is 2. The van der Waals surface area contributed by atoms with E-state index in [1.54, 1.807) is 0 Å². The Bertz CT molecular complexity index is 673. The van der Waals surface area contributed by atoms with Crippen molar-refractivity contribution in [2.24, 2.45) is 5.92 Å². The van der Waals surface area contributed by atoms with Gasteiger partial charge < -0.3 is 15.1 Å². The molecule has 1 atom stereocenters. The van der Waals surface area contributed by atoms with Crippen LogP contribution in [-0.2, 0) is 9.59 Å². The number of likely N-dealkylation sites (tertiary alicyclic amines) is 1. The molecular formula is C21H30ClN3O2. The van der Waals surface area contributed by atoms with E-state index in [1.165, 1.54) is 19.3 Å². The molecule has 2 heterocycles. The molecule has 0 saturated carbocycles. The molecule has 0 spiro atoms. The van der Waals surface area contributed by atoms with Crippen LogP contribution in [0.3, 0.4) is 0 Å². The van der Waals surface area contributed by atoms with E-state index in [4.69, 9.17) is 11.6 Å². The van der Waals surface area contributed by atoms with Crippen LogP contribution in [-0.4, -0.2) is 42.9 Å². The van der Waals surface area contributed by atoms with Crippen LogP contribution in [0.1, 0.15) is 51.9 Å². The van der Waals surface area contributed by atoms with Gasteiger partial charge in [0.25, 0.3) is 0 Å². The number of hydrogen-bond acceptors (Lipinski definition) is 3. The van der Waals surface area contributed by atoms with Crippen LogP contribution < -0.4 is 10.2 Å². The molecule has 2 aliphatic rings. The predicted octanol–water partition coefficient (Wildman–Crippen LogP) is 4.31. The molecule has 6 heteroatoms. The fourth-order valence-electron chi connectivity index (χ4n) is 4.01. The van der Waals surface area contributed by atoms with Crippen molar-refractivity contribution in [3.8, 4) is 0 Å². The molecule has 27 heavy (non-hydrogen) atoms. The highest BCUT2D eigenvalue weighted by molar-refractivity contribution is 6.33. The summed E-state index contributed by atoms with van der Waals surface area (Å²) in [5, 5.41) is 3.67. The normalized spacial score (nSPS) is 20.4. The molecule has 0 radical (unpaired) electrons. The number of hydrogen-bond donors (Lipinski definition) is 1. The average Bonchev–Trinajstić information content (AvgIpc) is 2.69. The summed E-state index contributed by atoms with van der Waals surface area (Å²) in [4.78, 5) is 29.0. The Morgan fingerprint density at radius 2 is 1.93 bits per heavy atom. The second-order valence-electron chi connectivity index (χ2n) is 7.63. The van der Waals surface area contributed by atoms with E-state index in [0.717, 1.165) is 50.3 Å². The van der Waals surface area contributed by atoms with Crippen molar-refractivity contribution in [3.63, 3.8) is 0 Å². The van der Waals surface area contributed by atoms with E-state index in [-0.39, 0.29) is 17.7 Å². The van der Waals surface area contributed by atoms with Gasteiger partial charge in [-0.2, -0.15) is 0 Å². The minimum absolute atomic E-state index is 0.0224. The van der Waals surface area contributed by atoms with E-state index in [9.17, 15) is 9.59 Å². The zero-order valence-corrected chi connectivity index (χ0v) is 16.9. The first-order valence-corrected chi connectivity index (χ1v) is 10.6. The van der Waals surface area contributed by atoms with E-state index >= 15 is 0 Å². The number of carbonyl (C=O) groups is 2. The first kappa shape index (κ1) is 20.0. The van der Waals surface area contributed by atoms with Crippen LogP contribution in [0, 0.1) is 5.92 Å². The maximum atomic E-state index is 12.7. The Kier molecular flexibility index (Phi) is 7.00. The van der Waals surface area contributed by atoms with Gasteiger partial charge in [-0.1, -0.05) is 18.5 Å². The standard InChI is InChI=1S/C21H30ClN3O2/c1-2-7-20(26)25-13-6-8-16(15-25)21(27)23-17-9-10-19(18(22)14-17)24-11-4-3-5-12-24/h9-10,14,16H,2-8,11-13,15H2,1H3,(H,23,27). The van der Waals surface area contributed by atoms with Crippen LogP contribution in [0.15, 0.2) is 18.2 Å². The molecule has 3 rings (SSSR count). The number of piperidine rings is 2. The maximum Gasteiger partial charge on any atom is 0.229 e. The van der Waals surface area contributed by atoms with Gasteiger partial charge in [0, 0.05) is 38.3 Å². The first-order chi connectivity index (χ1) is 13.1. The lowest BCUT2D eigenvalue weighted by molar-refractivity contribution is -0.134. The highest BCUT2D eigenvalue weighted by Crippen LogP contribution is 2.31. The lowest BCUT2D eigenvalue weighted by Gasteiger charge is -2.32. The second kappa shape index (κ2) is 9.45. The Balaban J connectivity index is 1.60. The molecule has 0 aliphatic carbocycles. The number of nitrogens with one attached hydrogen (secondary N) is 1. The minimum Gasteiger partial charge on any atom is -0.370 e. The highest BCUT2D eigenvalue weighted by atomic mass is 35.5. The molecule has 0 aromatic heterocycles. The number of benzene rings is 1. The molecule has 148 valence electrons. The summed E-state index contributed by atoms with van der Waals surface area (Å²) in [5.74, 6) is -0.0187. The molecular weight excluding hydrogens is 362 g/mol. The van der Waals surface area contributed by atoms with Gasteiger partial charge in [0.1, 0.15) is 0 Å². The van der Waals surface area contributed by atoms with Crippen LogP contribution >= 0.6 is 11.6 Å². The van der Waals surface area contributed by atoms with E-state index in [2.05, 4.69) is 10.2 Å². The second-order valence-corrected chi connectivity index (χ2v) is 8.04. The topological polar surface area (TPSA) is 52.7 Å². The van der Waals surface area contributed by atoms with Gasteiger partial charge in [0.15, 0.2) is 0 Å². The third kappa shape index (κ3) is 5.16. The number of halogens is 1. The lowest BCUT2D eigenvalue weighted by Crippen LogP contribution is -2.43. The molecule has 2 aliphatic heterocycles. The van der Waals surface area contributed by atoms with E-state index in [1.807, 2.05) is 30.0 Å². The van der Waals surface area contributed by atoms with Gasteiger partial charge in [-0.15, -0.1) is 0 Å². The summed E-state index contributed by atoms with van der Waals surface area (Å²) < 4.78 is 0. The molecule has 5 nitrogen and oxygen atoms in total. The molecule has 0 bridgehead atoms. The van der Waals surface area contributed by atoms with Gasteiger partial charge >= 0.3 is 0 Å². The SMILES string of the molecule is CCCC(=O)N1CCCC(C(=O)Nc2ccc(N3CCCCC3)c(Cl)c2)C1. The predicted molar refractivity (Wildman–Crippen MR) is 110 cm³/mol. The van der Waals surface area contributed by atoms with Crippen LogP contribution in [0.4, 0.5) is 11.4 Å². The zero-order chi connectivity index (χ0) is 19.2. The third-order valence-electron chi connectivity index (χ3n) is 5.52. The van der Waals surface area contributed by atoms with Gasteiger partial charge in [0.05, 0.1) is 16.6 Å². The van der Waals surface area contributed by atoms with Crippen molar-refractivity contribution >= 4 is 34.8 Å². The fourth-order valence-corrected chi connectivity index (χ4v) is 4.31. The quantitative estimate of drug-likeness (QED) is 0.813. The van der Waals surface area contributed by atoms with Crippen molar-refractivity contribution in [3.05, 3.63) is 23.2 Å². The summed E-state index contributed by atoms with van der Waals surface area (Å²) in [7, 11) is 0. The smallest absolute Gasteiger partial charge is 0.229 e. The Labute approximate surface area is 167 Å². The number of rotatable bonds is 5. The molecule has 1 aromatic carbocycles. The number of nitrogens with zero attached hydrogens (tertiary/aromatic N) is 2. The minimum atomic E-state index is -0.153. The van der Waals surface area contributed by atoms with Gasteiger partial charge in [-0.25, -0.2) is 0 Å². The zero-order valence-electron chi connectivity index (χ0n) is 16.2. The molecule has 2 fully saturated rings. The number of carbonyl (C=O) groups excluding carboxylic acids is 2. The number of anilines is 2. The summed E-state index contributed by atoms with van der Waals surface area (Å²) in [5.41, 5.74) is 1.77. The average molecular weight is 392 g/mol. The summed E-state index contributed by atoms with van der Waals surface area (Å²) >= 11 is 6.49. The summed E-state index contributed by atoms with van der Waals surface area (Å²) in [6, 6.07) is 5.77. The monoisotopic (exact) mass is 391 g/mol. The van der Waals surface area contributed by atoms with Crippen LogP contribution in [0.2, 0.25) is 5.02 Å². The van der Waals surface area contributed by atoms with Crippen molar-refractivity contribution in [2.75, 3.05) is 36.4 Å². The van der Waals surface area contributed by atoms with E-state index < -0.39 is 0 Å². The Morgan fingerprint density at radius 3 is 2.63 bits per heavy atom. The highest BCUT2D eigenvalue weighted by Gasteiger charge is 2.28. The summed E-state index contributed by atoms with van der Waals surface area (Å²) in [6.07, 6.45) is 6.77. The fraction of sp³-hybridized carbons (Fsp3) is 0.619. The van der Waals surface area contributed by atoms with Crippen molar-refractivity contribution in [1.82, 2.24) is 4.90 Å². The first-order valence-electron chi connectivity index (χ1n) is 10.2. The van der Waals surface area contributed by atoms with Crippen molar-refractivity contribution in [1.29, 1.82) is 0 Å². The van der Waals surface area contributed by atoms with Gasteiger partial charge in [-0.05, 0) is 56.7 Å². The van der Waals surface area contributed by atoms with Crippen molar-refractivity contribution in [2.45, 2.75) is 51.9 Å². The molecule has 1 aromatic rings. The molecule has 2 amide bonds. The molecule has 1 N–H and O–H groups in total. The van der Waals surface area contributed by atoms with Gasteiger partial charge in [-0.3, -0.25) is 9.59 Å². The molecule has 2 saturated heterocycles. The largest absolute Gasteiger partial charge is 0.370 e.